The van der Waals surface area contributed by atoms with E-state index in [1.54, 1.807) is 12.2 Å². The quantitative estimate of drug-likeness (QED) is 0.680. The van der Waals surface area contributed by atoms with Crippen LogP contribution in [0, 0.1) is 34.5 Å². The molecule has 5 nitrogen and oxygen atoms in total. The molecule has 4 aliphatic carbocycles. The summed E-state index contributed by atoms with van der Waals surface area (Å²) in [5, 5.41) is 23.9. The molecule has 0 bridgehead atoms. The zero-order valence-electron chi connectivity index (χ0n) is 19.7. The van der Waals surface area contributed by atoms with E-state index in [1.807, 2.05) is 36.4 Å². The zero-order valence-corrected chi connectivity index (χ0v) is 19.7. The maximum absolute atomic E-state index is 12.3. The molecular formula is C28H34O5. The summed E-state index contributed by atoms with van der Waals surface area (Å²) in [7, 11) is 0. The molecule has 6 rings (SSSR count). The van der Waals surface area contributed by atoms with Crippen LogP contribution < -0.4 is 4.74 Å². The third-order valence-corrected chi connectivity index (χ3v) is 10.0. The summed E-state index contributed by atoms with van der Waals surface area (Å²) in [6, 6.07) is 9.55. The number of rotatable bonds is 3. The van der Waals surface area contributed by atoms with E-state index in [4.69, 9.17) is 9.47 Å². The monoisotopic (exact) mass is 450 g/mol. The van der Waals surface area contributed by atoms with Gasteiger partial charge < -0.3 is 19.7 Å². The van der Waals surface area contributed by atoms with E-state index in [1.165, 1.54) is 0 Å². The summed E-state index contributed by atoms with van der Waals surface area (Å²) in [5.74, 6) is 0.491. The van der Waals surface area contributed by atoms with Crippen molar-refractivity contribution >= 4 is 5.78 Å². The van der Waals surface area contributed by atoms with Crippen molar-refractivity contribution in [3.63, 3.8) is 0 Å². The SMILES string of the molecule is C[C@H]1C[C@@H]2[C@H]([C@@H](O)C[C@@]3(C)[C@H]2CC[C@]3(O)[C@]2(Oc3ccccc3)CO2)[C@@]2(C)C=CC(=O)C=C12. The fourth-order valence-corrected chi connectivity index (χ4v) is 8.51. The molecule has 1 heterocycles. The summed E-state index contributed by atoms with van der Waals surface area (Å²) in [6.45, 7) is 6.89. The van der Waals surface area contributed by atoms with Crippen LogP contribution in [0.25, 0.3) is 0 Å². The van der Waals surface area contributed by atoms with Crippen molar-refractivity contribution < 1.29 is 24.5 Å². The van der Waals surface area contributed by atoms with Gasteiger partial charge in [0.15, 0.2) is 5.78 Å². The Morgan fingerprint density at radius 2 is 1.91 bits per heavy atom. The van der Waals surface area contributed by atoms with Gasteiger partial charge in [0.25, 0.3) is 5.79 Å². The van der Waals surface area contributed by atoms with Crippen molar-refractivity contribution in [1.29, 1.82) is 0 Å². The molecule has 0 spiro atoms. The fourth-order valence-electron chi connectivity index (χ4n) is 8.51. The van der Waals surface area contributed by atoms with Gasteiger partial charge in [-0.2, -0.15) is 0 Å². The highest BCUT2D eigenvalue weighted by atomic mass is 16.8. The lowest BCUT2D eigenvalue weighted by atomic mass is 9.44. The number of fused-ring (bicyclic) bond motifs is 5. The minimum absolute atomic E-state index is 0.0378. The van der Waals surface area contributed by atoms with Crippen molar-refractivity contribution in [2.75, 3.05) is 6.61 Å². The van der Waals surface area contributed by atoms with Gasteiger partial charge >= 0.3 is 0 Å². The summed E-state index contributed by atoms with van der Waals surface area (Å²) in [6.07, 6.45) is 7.83. The number of ketones is 1. The van der Waals surface area contributed by atoms with Gasteiger partial charge in [0, 0.05) is 16.7 Å². The molecule has 4 fully saturated rings. The van der Waals surface area contributed by atoms with E-state index in [0.717, 1.165) is 18.4 Å². The maximum atomic E-state index is 12.3. The molecule has 1 aromatic rings. The molecule has 3 saturated carbocycles. The highest BCUT2D eigenvalue weighted by Crippen LogP contribution is 2.70. The number of hydrogen-bond acceptors (Lipinski definition) is 5. The number of carbonyl (C=O) groups is 1. The van der Waals surface area contributed by atoms with E-state index < -0.39 is 22.9 Å². The van der Waals surface area contributed by atoms with E-state index in [2.05, 4.69) is 20.8 Å². The molecule has 0 unspecified atom stereocenters. The molecule has 5 heteroatoms. The second kappa shape index (κ2) is 6.80. The van der Waals surface area contributed by atoms with Gasteiger partial charge in [-0.25, -0.2) is 0 Å². The summed E-state index contributed by atoms with van der Waals surface area (Å²) in [5.41, 5.74) is -0.872. The lowest BCUT2D eigenvalue weighted by Crippen LogP contribution is -2.64. The number of ether oxygens (including phenoxy) is 2. The lowest BCUT2D eigenvalue weighted by Gasteiger charge is -2.61. The minimum atomic E-state index is -1.18. The number of para-hydroxylation sites is 1. The topological polar surface area (TPSA) is 79.3 Å². The second-order valence-electron chi connectivity index (χ2n) is 11.6. The van der Waals surface area contributed by atoms with Crippen molar-refractivity contribution in [2.45, 2.75) is 63.9 Å². The Hall–Kier alpha value is -1.95. The van der Waals surface area contributed by atoms with Crippen LogP contribution in [0.4, 0.5) is 0 Å². The Labute approximate surface area is 195 Å². The summed E-state index contributed by atoms with van der Waals surface area (Å²) >= 11 is 0. The van der Waals surface area contributed by atoms with Crippen LogP contribution in [0.5, 0.6) is 5.75 Å². The number of epoxide rings is 1. The first kappa shape index (κ1) is 21.6. The highest BCUT2D eigenvalue weighted by Gasteiger charge is 2.77. The standard InChI is InChI=1S/C28H34O5/c1-17-13-20-21-10-12-27(31,28(16-32-28)33-19-7-5-4-6-8-19)26(21,3)15-23(30)24(20)25(2)11-9-18(29)14-22(17)25/h4-9,11,14,17,20-21,23-24,30-31H,10,12-13,15-16H2,1-3H3/t17-,20-,21-,23-,24+,25-,26-,27+,28+/m0/s1. The van der Waals surface area contributed by atoms with E-state index in [-0.39, 0.29) is 34.9 Å². The van der Waals surface area contributed by atoms with Crippen molar-refractivity contribution in [2.24, 2.45) is 34.5 Å². The van der Waals surface area contributed by atoms with Crippen LogP contribution >= 0.6 is 0 Å². The van der Waals surface area contributed by atoms with Gasteiger partial charge in [-0.15, -0.1) is 0 Å². The van der Waals surface area contributed by atoms with Gasteiger partial charge in [0.1, 0.15) is 18.0 Å². The molecule has 0 radical (unpaired) electrons. The van der Waals surface area contributed by atoms with Crippen LogP contribution in [0.3, 0.4) is 0 Å². The second-order valence-corrected chi connectivity index (χ2v) is 11.6. The number of benzene rings is 1. The summed E-state index contributed by atoms with van der Waals surface area (Å²) < 4.78 is 12.2. The normalized spacial score (nSPS) is 50.2. The molecule has 5 aliphatic rings. The number of allylic oxidation sites excluding steroid dienone is 4. The summed E-state index contributed by atoms with van der Waals surface area (Å²) in [4.78, 5) is 12.1. The van der Waals surface area contributed by atoms with Crippen LogP contribution in [-0.4, -0.2) is 40.1 Å². The smallest absolute Gasteiger partial charge is 0.264 e. The average Bonchev–Trinajstić information content (AvgIpc) is 3.50. The van der Waals surface area contributed by atoms with Crippen LogP contribution in [0.2, 0.25) is 0 Å². The Bertz CT molecular complexity index is 1040. The third kappa shape index (κ3) is 2.73. The molecule has 0 amide bonds. The predicted molar refractivity (Wildman–Crippen MR) is 123 cm³/mol. The highest BCUT2D eigenvalue weighted by molar-refractivity contribution is 6.01. The predicted octanol–water partition coefficient (Wildman–Crippen LogP) is 4.05. The zero-order chi connectivity index (χ0) is 23.2. The average molecular weight is 451 g/mol. The van der Waals surface area contributed by atoms with Crippen LogP contribution in [0.1, 0.15) is 46.5 Å². The molecule has 1 aromatic carbocycles. The van der Waals surface area contributed by atoms with Crippen LogP contribution in [-0.2, 0) is 9.53 Å². The number of hydrogen-bond donors (Lipinski definition) is 2. The number of aliphatic hydroxyl groups excluding tert-OH is 1. The van der Waals surface area contributed by atoms with Gasteiger partial charge in [-0.05, 0) is 67.7 Å². The number of carbonyl (C=O) groups excluding carboxylic acids is 1. The maximum Gasteiger partial charge on any atom is 0.264 e. The molecule has 1 saturated heterocycles. The first-order valence-corrected chi connectivity index (χ1v) is 12.4. The Morgan fingerprint density at radius 1 is 1.18 bits per heavy atom. The molecule has 33 heavy (non-hydrogen) atoms. The molecule has 1 aliphatic heterocycles. The van der Waals surface area contributed by atoms with Crippen molar-refractivity contribution in [3.8, 4) is 5.75 Å². The van der Waals surface area contributed by atoms with Crippen LogP contribution in [0.15, 0.2) is 54.1 Å². The number of aliphatic hydroxyl groups is 2. The van der Waals surface area contributed by atoms with Crippen molar-refractivity contribution in [3.05, 3.63) is 54.1 Å². The Balaban J connectivity index is 1.37. The third-order valence-electron chi connectivity index (χ3n) is 10.0. The van der Waals surface area contributed by atoms with E-state index in [9.17, 15) is 15.0 Å². The Morgan fingerprint density at radius 3 is 2.61 bits per heavy atom. The first-order chi connectivity index (χ1) is 15.6. The van der Waals surface area contributed by atoms with Gasteiger partial charge in [0.2, 0.25) is 0 Å². The van der Waals surface area contributed by atoms with Gasteiger partial charge in [-0.1, -0.05) is 50.6 Å². The molecule has 0 aromatic heterocycles. The minimum Gasteiger partial charge on any atom is -0.457 e. The largest absolute Gasteiger partial charge is 0.457 e. The molecule has 9 atom stereocenters. The van der Waals surface area contributed by atoms with Gasteiger partial charge in [0.05, 0.1) is 6.10 Å². The molecular weight excluding hydrogens is 416 g/mol. The lowest BCUT2D eigenvalue weighted by molar-refractivity contribution is -0.225. The van der Waals surface area contributed by atoms with E-state index >= 15 is 0 Å². The molecule has 2 N–H and O–H groups in total. The van der Waals surface area contributed by atoms with E-state index in [0.29, 0.717) is 25.2 Å². The van der Waals surface area contributed by atoms with Crippen molar-refractivity contribution in [1.82, 2.24) is 0 Å². The fraction of sp³-hybridized carbons (Fsp3) is 0.607. The molecule has 176 valence electrons. The van der Waals surface area contributed by atoms with Gasteiger partial charge in [-0.3, -0.25) is 4.79 Å². The Kier molecular flexibility index (Phi) is 4.45. The first-order valence-electron chi connectivity index (χ1n) is 12.4.